The molecule has 1 fully saturated rings. The summed E-state index contributed by atoms with van der Waals surface area (Å²) in [5.41, 5.74) is -5.28. The van der Waals surface area contributed by atoms with Gasteiger partial charge in [-0.05, 0) is 44.7 Å². The Morgan fingerprint density at radius 3 is 1.96 bits per heavy atom. The van der Waals surface area contributed by atoms with E-state index in [1.165, 1.54) is 0 Å². The zero-order valence-electron chi connectivity index (χ0n) is 13.3. The molecule has 0 saturated heterocycles. The Balaban J connectivity index is 2.65. The lowest BCUT2D eigenvalue weighted by Gasteiger charge is -2.31. The van der Waals surface area contributed by atoms with Crippen molar-refractivity contribution in [3.63, 3.8) is 0 Å². The molecule has 1 N–H and O–H groups in total. The molecule has 1 aliphatic rings. The van der Waals surface area contributed by atoms with Gasteiger partial charge in [0.15, 0.2) is 11.6 Å². The van der Waals surface area contributed by atoms with Crippen LogP contribution in [0.3, 0.4) is 0 Å². The molecule has 136 valence electrons. The fraction of sp³-hybridized carbons (Fsp3) is 0.625. The smallest absolute Gasteiger partial charge is 0.397 e. The molecule has 0 aliphatic heterocycles. The highest BCUT2D eigenvalue weighted by molar-refractivity contribution is 5.51. The molecular weight excluding hydrogens is 341 g/mol. The van der Waals surface area contributed by atoms with Crippen LogP contribution in [0.2, 0.25) is 0 Å². The highest BCUT2D eigenvalue weighted by atomic mass is 19.4. The summed E-state index contributed by atoms with van der Waals surface area (Å²) in [6, 6.07) is 0.889. The van der Waals surface area contributed by atoms with Gasteiger partial charge in [0.2, 0.25) is 0 Å². The van der Waals surface area contributed by atoms with E-state index in [1.807, 2.05) is 0 Å². The van der Waals surface area contributed by atoms with Gasteiger partial charge in [0.05, 0.1) is 11.8 Å². The van der Waals surface area contributed by atoms with Gasteiger partial charge in [0, 0.05) is 11.0 Å². The minimum Gasteiger partial charge on any atom is -0.505 e. The van der Waals surface area contributed by atoms with Crippen LogP contribution in [0.1, 0.15) is 49.8 Å². The third-order valence-corrected chi connectivity index (χ3v) is 4.83. The van der Waals surface area contributed by atoms with Gasteiger partial charge in [-0.15, -0.1) is 0 Å². The first-order chi connectivity index (χ1) is 10.6. The number of hydrogen-bond donors (Lipinski definition) is 1. The lowest BCUT2D eigenvalue weighted by Crippen LogP contribution is -2.37. The number of phenolic OH excluding ortho intramolecular Hbond substituents is 1. The van der Waals surface area contributed by atoms with Gasteiger partial charge in [0.25, 0.3) is 0 Å². The number of alkyl halides is 6. The third-order valence-electron chi connectivity index (χ3n) is 4.83. The van der Waals surface area contributed by atoms with E-state index in [0.717, 1.165) is 26.8 Å². The van der Waals surface area contributed by atoms with E-state index in [1.54, 1.807) is 0 Å². The van der Waals surface area contributed by atoms with Gasteiger partial charge < -0.3 is 5.11 Å². The van der Waals surface area contributed by atoms with Crippen molar-refractivity contribution in [2.75, 3.05) is 0 Å². The lowest BCUT2D eigenvalue weighted by molar-refractivity contribution is -0.180. The molecule has 0 spiro atoms. The highest BCUT2D eigenvalue weighted by Crippen LogP contribution is 2.58. The van der Waals surface area contributed by atoms with Crippen molar-refractivity contribution in [1.82, 2.24) is 0 Å². The molecule has 2 rings (SSSR count). The molecule has 1 aliphatic carbocycles. The Kier molecular flexibility index (Phi) is 4.14. The van der Waals surface area contributed by atoms with Gasteiger partial charge in [-0.25, -0.2) is 4.39 Å². The molecule has 1 aromatic rings. The summed E-state index contributed by atoms with van der Waals surface area (Å²) in [4.78, 5) is 0. The summed E-state index contributed by atoms with van der Waals surface area (Å²) >= 11 is 0. The molecule has 1 aromatic carbocycles. The van der Waals surface area contributed by atoms with Crippen LogP contribution >= 0.6 is 0 Å². The first-order valence-corrected chi connectivity index (χ1v) is 7.29. The summed E-state index contributed by atoms with van der Waals surface area (Å²) in [6.07, 6.45) is -10.5. The highest BCUT2D eigenvalue weighted by Gasteiger charge is 2.55. The molecule has 0 atom stereocenters. The molecule has 0 bridgehead atoms. The van der Waals surface area contributed by atoms with Crippen molar-refractivity contribution in [2.24, 2.45) is 0 Å². The number of benzene rings is 1. The summed E-state index contributed by atoms with van der Waals surface area (Å²) in [7, 11) is 0. The predicted octanol–water partition coefficient (Wildman–Crippen LogP) is 5.66. The first kappa shape index (κ1) is 18.9. The van der Waals surface area contributed by atoms with Gasteiger partial charge >= 0.3 is 12.4 Å². The summed E-state index contributed by atoms with van der Waals surface area (Å²) in [5.74, 6) is -2.29. The number of hydrogen-bond acceptors (Lipinski definition) is 1. The fourth-order valence-electron chi connectivity index (χ4n) is 3.02. The van der Waals surface area contributed by atoms with E-state index < -0.39 is 57.9 Å². The molecule has 1 saturated carbocycles. The Bertz CT molecular complexity index is 652. The van der Waals surface area contributed by atoms with Crippen LogP contribution in [0.25, 0.3) is 0 Å². The molecule has 0 amide bonds. The van der Waals surface area contributed by atoms with E-state index in [2.05, 4.69) is 0 Å². The van der Waals surface area contributed by atoms with E-state index in [9.17, 15) is 35.8 Å². The fourth-order valence-corrected chi connectivity index (χ4v) is 3.02. The third kappa shape index (κ3) is 3.07. The van der Waals surface area contributed by atoms with Crippen LogP contribution in [-0.2, 0) is 10.8 Å². The topological polar surface area (TPSA) is 20.2 Å². The zero-order chi connectivity index (χ0) is 18.7. The maximum atomic E-state index is 14.3. The van der Waals surface area contributed by atoms with Crippen molar-refractivity contribution in [2.45, 2.75) is 63.2 Å². The van der Waals surface area contributed by atoms with Crippen LogP contribution in [0, 0.1) is 12.7 Å². The predicted molar refractivity (Wildman–Crippen MR) is 73.5 cm³/mol. The van der Waals surface area contributed by atoms with Crippen molar-refractivity contribution < 1.29 is 35.8 Å². The second kappa shape index (κ2) is 5.26. The van der Waals surface area contributed by atoms with Gasteiger partial charge in [-0.3, -0.25) is 0 Å². The molecule has 1 nitrogen and oxygen atoms in total. The Morgan fingerprint density at radius 1 is 1.08 bits per heavy atom. The van der Waals surface area contributed by atoms with Crippen LogP contribution in [-0.4, -0.2) is 17.5 Å². The molecule has 0 radical (unpaired) electrons. The Labute approximate surface area is 134 Å². The van der Waals surface area contributed by atoms with E-state index >= 15 is 0 Å². The number of rotatable bonds is 3. The SMILES string of the molecule is Cc1c(C(C)(C)C(F)(F)F)cc(C2(CC(F)(F)F)CC2)c(O)c1F. The van der Waals surface area contributed by atoms with Crippen molar-refractivity contribution in [3.05, 3.63) is 28.6 Å². The Morgan fingerprint density at radius 2 is 1.58 bits per heavy atom. The average molecular weight is 358 g/mol. The quantitative estimate of drug-likeness (QED) is 0.691. The average Bonchev–Trinajstić information content (AvgIpc) is 3.12. The molecule has 0 unspecified atom stereocenters. The summed E-state index contributed by atoms with van der Waals surface area (Å²) in [6.45, 7) is 2.74. The second-order valence-electron chi connectivity index (χ2n) is 6.95. The number of phenols is 1. The van der Waals surface area contributed by atoms with Crippen molar-refractivity contribution in [3.8, 4) is 5.75 Å². The van der Waals surface area contributed by atoms with Crippen molar-refractivity contribution >= 4 is 0 Å². The minimum absolute atomic E-state index is 0.0362. The van der Waals surface area contributed by atoms with Crippen LogP contribution in [0.5, 0.6) is 5.75 Å². The molecular formula is C16H17F7O. The number of halogens is 7. The van der Waals surface area contributed by atoms with Gasteiger partial charge in [-0.2, -0.15) is 26.3 Å². The Hall–Kier alpha value is -1.47. The monoisotopic (exact) mass is 358 g/mol. The largest absolute Gasteiger partial charge is 0.505 e. The van der Waals surface area contributed by atoms with Gasteiger partial charge in [-0.1, -0.05) is 6.07 Å². The normalized spacial score (nSPS) is 17.9. The number of aromatic hydroxyl groups is 1. The molecule has 0 aromatic heterocycles. The zero-order valence-corrected chi connectivity index (χ0v) is 13.3. The van der Waals surface area contributed by atoms with E-state index in [4.69, 9.17) is 0 Å². The molecule has 0 heterocycles. The lowest BCUT2D eigenvalue weighted by atomic mass is 9.78. The second-order valence-corrected chi connectivity index (χ2v) is 6.95. The first-order valence-electron chi connectivity index (χ1n) is 7.29. The molecule has 24 heavy (non-hydrogen) atoms. The standard InChI is InChI=1S/C16H17F7O/c1-8-9(13(2,3)16(21,22)23)6-10(12(24)11(8)17)14(4-5-14)7-15(18,19)20/h6,24H,4-5,7H2,1-3H3. The molecule has 8 heteroatoms. The summed E-state index contributed by atoms with van der Waals surface area (Å²) in [5, 5.41) is 9.92. The van der Waals surface area contributed by atoms with E-state index in [-0.39, 0.29) is 12.8 Å². The van der Waals surface area contributed by atoms with Crippen LogP contribution in [0.4, 0.5) is 30.7 Å². The summed E-state index contributed by atoms with van der Waals surface area (Å²) < 4.78 is 92.4. The maximum absolute atomic E-state index is 14.3. The van der Waals surface area contributed by atoms with Crippen LogP contribution < -0.4 is 0 Å². The maximum Gasteiger partial charge on any atom is 0.397 e. The van der Waals surface area contributed by atoms with Gasteiger partial charge in [0.1, 0.15) is 0 Å². The van der Waals surface area contributed by atoms with E-state index in [0.29, 0.717) is 0 Å². The van der Waals surface area contributed by atoms with Crippen molar-refractivity contribution in [1.29, 1.82) is 0 Å². The van der Waals surface area contributed by atoms with Crippen LogP contribution in [0.15, 0.2) is 6.07 Å². The minimum atomic E-state index is -4.72.